The van der Waals surface area contributed by atoms with E-state index in [1.165, 1.54) is 17.4 Å². The summed E-state index contributed by atoms with van der Waals surface area (Å²) in [5.41, 5.74) is 1.32. The molecule has 0 radical (unpaired) electrons. The van der Waals surface area contributed by atoms with Gasteiger partial charge in [-0.3, -0.25) is 19.9 Å². The van der Waals surface area contributed by atoms with Gasteiger partial charge in [0.1, 0.15) is 6.04 Å². The molecule has 180 valence electrons. The molecule has 1 N–H and O–H groups in total. The Morgan fingerprint density at radius 2 is 1.91 bits per heavy atom. The first kappa shape index (κ1) is 25.0. The summed E-state index contributed by atoms with van der Waals surface area (Å²) in [4.78, 5) is 45.5. The molecule has 0 spiro atoms. The number of para-hydroxylation sites is 1. The smallest absolute Gasteiger partial charge is 0.338 e. The quantitative estimate of drug-likeness (QED) is 0.319. The number of hydrogen-bond acceptors (Lipinski definition) is 10. The highest BCUT2D eigenvalue weighted by Gasteiger charge is 2.35. The second-order valence-electron chi connectivity index (χ2n) is 7.37. The largest absolute Gasteiger partial charge is 0.465 e. The van der Waals surface area contributed by atoms with E-state index >= 15 is 0 Å². The summed E-state index contributed by atoms with van der Waals surface area (Å²) in [6.45, 7) is 7.42. The van der Waals surface area contributed by atoms with E-state index in [0.29, 0.717) is 28.7 Å². The molecule has 0 aliphatic carbocycles. The minimum atomic E-state index is -0.962. The average molecular weight is 487 g/mol. The van der Waals surface area contributed by atoms with Crippen LogP contribution in [0.2, 0.25) is 0 Å². The lowest BCUT2D eigenvalue weighted by Crippen LogP contribution is -2.33. The average Bonchev–Trinajstić information content (AvgIpc) is 3.29. The molecule has 0 amide bonds. The molecule has 2 aromatic rings. The number of esters is 2. The van der Waals surface area contributed by atoms with Crippen molar-refractivity contribution in [2.45, 2.75) is 46.1 Å². The molecule has 1 aliphatic rings. The predicted octanol–water partition coefficient (Wildman–Crippen LogP) is 4.04. The van der Waals surface area contributed by atoms with E-state index in [0.717, 1.165) is 0 Å². The number of allylic oxidation sites excluding steroid dienone is 1. The van der Waals surface area contributed by atoms with Gasteiger partial charge in [-0.2, -0.15) is 0 Å². The summed E-state index contributed by atoms with van der Waals surface area (Å²) in [5, 5.41) is 17.0. The minimum absolute atomic E-state index is 0.151. The molecule has 1 aliphatic heterocycles. The second kappa shape index (κ2) is 11.0. The molecular weight excluding hydrogens is 460 g/mol. The van der Waals surface area contributed by atoms with Crippen LogP contribution in [-0.2, 0) is 19.1 Å². The predicted molar refractivity (Wildman–Crippen MR) is 127 cm³/mol. The summed E-state index contributed by atoms with van der Waals surface area (Å²) in [6.07, 6.45) is 0.521. The number of benzene rings is 1. The first-order valence-electron chi connectivity index (χ1n) is 10.9. The Morgan fingerprint density at radius 3 is 2.56 bits per heavy atom. The fourth-order valence-corrected chi connectivity index (χ4v) is 4.49. The number of ether oxygens (including phenoxy) is 2. The summed E-state index contributed by atoms with van der Waals surface area (Å²) < 4.78 is 10.4. The number of aliphatic imine (C=N–C) groups is 1. The molecular formula is C23H26N4O6S. The van der Waals surface area contributed by atoms with Crippen molar-refractivity contribution in [3.8, 4) is 0 Å². The third-order valence-electron chi connectivity index (χ3n) is 5.23. The molecule has 2 unspecified atom stereocenters. The SMILES string of the molecule is CCOC(=O)C1=C(C)NC(c2nc(C(CC)C(=O)OCC)cs2)=NC1c1ccccc1[N+](=O)[O-]. The Morgan fingerprint density at radius 1 is 1.21 bits per heavy atom. The maximum atomic E-state index is 12.8. The lowest BCUT2D eigenvalue weighted by molar-refractivity contribution is -0.385. The van der Waals surface area contributed by atoms with E-state index < -0.39 is 22.9 Å². The summed E-state index contributed by atoms with van der Waals surface area (Å²) in [5.74, 6) is -1.11. The van der Waals surface area contributed by atoms with Crippen LogP contribution in [0.5, 0.6) is 0 Å². The van der Waals surface area contributed by atoms with Gasteiger partial charge in [0.25, 0.3) is 5.69 Å². The maximum absolute atomic E-state index is 12.8. The Balaban J connectivity index is 2.07. The standard InChI is InChI=1S/C23H26N4O6S/c1-5-14(22(28)32-6-2)16-12-34-21(25-16)20-24-13(4)18(23(29)33-7-3)19(26-20)15-10-8-9-11-17(15)27(30)31/h8-12,14,19H,5-7H2,1-4H3,(H,24,26). The number of nitro groups is 1. The number of aromatic nitrogens is 1. The van der Waals surface area contributed by atoms with E-state index in [4.69, 9.17) is 9.47 Å². The van der Waals surface area contributed by atoms with Crippen molar-refractivity contribution in [1.82, 2.24) is 10.3 Å². The lowest BCUT2D eigenvalue weighted by atomic mass is 9.94. The molecule has 0 saturated heterocycles. The maximum Gasteiger partial charge on any atom is 0.338 e. The highest BCUT2D eigenvalue weighted by molar-refractivity contribution is 7.11. The zero-order valence-corrected chi connectivity index (χ0v) is 20.2. The van der Waals surface area contributed by atoms with Crippen LogP contribution < -0.4 is 5.32 Å². The van der Waals surface area contributed by atoms with Crippen LogP contribution in [0.1, 0.15) is 62.3 Å². The molecule has 10 nitrogen and oxygen atoms in total. The molecule has 34 heavy (non-hydrogen) atoms. The van der Waals surface area contributed by atoms with Crippen LogP contribution in [0.4, 0.5) is 5.69 Å². The van der Waals surface area contributed by atoms with Gasteiger partial charge < -0.3 is 14.8 Å². The van der Waals surface area contributed by atoms with Gasteiger partial charge in [-0.15, -0.1) is 11.3 Å². The number of carbonyl (C=O) groups is 2. The molecule has 0 fully saturated rings. The first-order chi connectivity index (χ1) is 16.3. The molecule has 3 rings (SSSR count). The highest BCUT2D eigenvalue weighted by Crippen LogP contribution is 2.37. The van der Waals surface area contributed by atoms with E-state index in [-0.39, 0.29) is 36.0 Å². The van der Waals surface area contributed by atoms with Gasteiger partial charge in [-0.1, -0.05) is 19.1 Å². The lowest BCUT2D eigenvalue weighted by Gasteiger charge is -2.25. The monoisotopic (exact) mass is 486 g/mol. The number of rotatable bonds is 9. The van der Waals surface area contributed by atoms with E-state index in [1.807, 2.05) is 6.92 Å². The van der Waals surface area contributed by atoms with Crippen LogP contribution in [0.25, 0.3) is 0 Å². The molecule has 0 bridgehead atoms. The number of thiazole rings is 1. The number of hydrogen-bond donors (Lipinski definition) is 1. The third-order valence-corrected chi connectivity index (χ3v) is 6.09. The molecule has 2 heterocycles. The van der Waals surface area contributed by atoms with Crippen molar-refractivity contribution in [3.05, 3.63) is 67.3 Å². The van der Waals surface area contributed by atoms with Crippen molar-refractivity contribution in [1.29, 1.82) is 0 Å². The van der Waals surface area contributed by atoms with Gasteiger partial charge in [0.2, 0.25) is 0 Å². The number of nitrogens with one attached hydrogen (secondary N) is 1. The van der Waals surface area contributed by atoms with Crippen molar-refractivity contribution in [2.24, 2.45) is 4.99 Å². The topological polar surface area (TPSA) is 133 Å². The molecule has 11 heteroatoms. The van der Waals surface area contributed by atoms with Gasteiger partial charge in [-0.05, 0) is 33.3 Å². The summed E-state index contributed by atoms with van der Waals surface area (Å²) >= 11 is 1.28. The third kappa shape index (κ3) is 5.14. The molecule has 2 atom stereocenters. The zero-order chi connectivity index (χ0) is 24.8. The molecule has 1 aromatic heterocycles. The fourth-order valence-electron chi connectivity index (χ4n) is 3.66. The second-order valence-corrected chi connectivity index (χ2v) is 8.23. The van der Waals surface area contributed by atoms with Crippen LogP contribution in [0.15, 0.2) is 45.9 Å². The van der Waals surface area contributed by atoms with E-state index in [2.05, 4.69) is 15.3 Å². The van der Waals surface area contributed by atoms with Crippen molar-refractivity contribution in [2.75, 3.05) is 13.2 Å². The number of nitro benzene ring substituents is 1. The van der Waals surface area contributed by atoms with Gasteiger partial charge in [0, 0.05) is 17.1 Å². The van der Waals surface area contributed by atoms with Gasteiger partial charge in [0.15, 0.2) is 10.8 Å². The van der Waals surface area contributed by atoms with Gasteiger partial charge in [0.05, 0.1) is 40.9 Å². The summed E-state index contributed by atoms with van der Waals surface area (Å²) in [6, 6.07) is 5.20. The highest BCUT2D eigenvalue weighted by atomic mass is 32.1. The van der Waals surface area contributed by atoms with Gasteiger partial charge in [-0.25, -0.2) is 9.78 Å². The van der Waals surface area contributed by atoms with Crippen LogP contribution in [0, 0.1) is 10.1 Å². The van der Waals surface area contributed by atoms with Crippen LogP contribution in [-0.4, -0.2) is 40.9 Å². The molecule has 0 saturated carbocycles. The van der Waals surface area contributed by atoms with E-state index in [1.54, 1.807) is 44.4 Å². The first-order valence-corrected chi connectivity index (χ1v) is 11.8. The Bertz CT molecular complexity index is 1160. The number of nitrogens with zero attached hydrogens (tertiary/aromatic N) is 3. The number of carbonyl (C=O) groups excluding carboxylic acids is 2. The van der Waals surface area contributed by atoms with Gasteiger partial charge >= 0.3 is 11.9 Å². The normalized spacial score (nSPS) is 16.4. The van der Waals surface area contributed by atoms with Crippen molar-refractivity contribution in [3.63, 3.8) is 0 Å². The number of amidine groups is 1. The molecule has 1 aromatic carbocycles. The fraction of sp³-hybridized carbons (Fsp3) is 0.391. The van der Waals surface area contributed by atoms with Crippen molar-refractivity contribution < 1.29 is 24.0 Å². The zero-order valence-electron chi connectivity index (χ0n) is 19.4. The Kier molecular flexibility index (Phi) is 8.11. The summed E-state index contributed by atoms with van der Waals surface area (Å²) in [7, 11) is 0. The van der Waals surface area contributed by atoms with Crippen LogP contribution >= 0.6 is 11.3 Å². The Hall–Kier alpha value is -3.60. The minimum Gasteiger partial charge on any atom is -0.465 e. The Labute approximate surface area is 200 Å². The van der Waals surface area contributed by atoms with Crippen molar-refractivity contribution >= 4 is 34.8 Å². The van der Waals surface area contributed by atoms with E-state index in [9.17, 15) is 19.7 Å². The van der Waals surface area contributed by atoms with Crippen LogP contribution in [0.3, 0.4) is 0 Å².